The average Bonchev–Trinajstić information content (AvgIpc) is 2.89. The van der Waals surface area contributed by atoms with Gasteiger partial charge in [0.15, 0.2) is 11.5 Å². The summed E-state index contributed by atoms with van der Waals surface area (Å²) in [7, 11) is 1.89. The Balaban J connectivity index is 0.000000133. The van der Waals surface area contributed by atoms with Gasteiger partial charge in [0, 0.05) is 36.3 Å². The Labute approximate surface area is 127 Å². The average molecular weight is 292 g/mol. The van der Waals surface area contributed by atoms with Gasteiger partial charge in [0.2, 0.25) is 0 Å². The minimum absolute atomic E-state index is 0.0753. The van der Waals surface area contributed by atoms with Crippen LogP contribution in [0.4, 0.5) is 0 Å². The van der Waals surface area contributed by atoms with Gasteiger partial charge in [0.1, 0.15) is 0 Å². The van der Waals surface area contributed by atoms with Gasteiger partial charge in [0.25, 0.3) is 0 Å². The molecule has 2 N–H and O–H groups in total. The predicted octanol–water partition coefficient (Wildman–Crippen LogP) is 3.82. The highest BCUT2D eigenvalue weighted by atomic mass is 16.3. The standard InChI is InChI=1S/C9H9NO2.C9H7N/c1-10-3-2-6-4-8(11)9(12)5-7(6)10;1-2-6-9-8(4-1)5-3-7-10-9/h2-5,11-12H,1H3;1-7H. The van der Waals surface area contributed by atoms with Crippen LogP contribution in [0.3, 0.4) is 0 Å². The molecule has 0 atom stereocenters. The van der Waals surface area contributed by atoms with Gasteiger partial charge < -0.3 is 14.8 Å². The molecule has 2 aromatic heterocycles. The molecule has 22 heavy (non-hydrogen) atoms. The van der Waals surface area contributed by atoms with Crippen LogP contribution >= 0.6 is 0 Å². The first-order valence-electron chi connectivity index (χ1n) is 6.92. The van der Waals surface area contributed by atoms with Crippen LogP contribution in [-0.2, 0) is 7.05 Å². The maximum atomic E-state index is 9.20. The number of hydrogen-bond acceptors (Lipinski definition) is 3. The van der Waals surface area contributed by atoms with Crippen molar-refractivity contribution in [1.82, 2.24) is 9.55 Å². The lowest BCUT2D eigenvalue weighted by atomic mass is 10.2. The fraction of sp³-hybridized carbons (Fsp3) is 0.0556. The monoisotopic (exact) mass is 292 g/mol. The molecule has 4 nitrogen and oxygen atoms in total. The first-order valence-corrected chi connectivity index (χ1v) is 6.92. The van der Waals surface area contributed by atoms with Gasteiger partial charge >= 0.3 is 0 Å². The number of rotatable bonds is 0. The first-order chi connectivity index (χ1) is 10.6. The van der Waals surface area contributed by atoms with Gasteiger partial charge in [-0.3, -0.25) is 4.98 Å². The molecule has 4 aromatic rings. The second-order valence-corrected chi connectivity index (χ2v) is 5.02. The molecule has 4 heteroatoms. The largest absolute Gasteiger partial charge is 0.504 e. The molecule has 0 saturated carbocycles. The van der Waals surface area contributed by atoms with Crippen LogP contribution in [-0.4, -0.2) is 19.8 Å². The van der Waals surface area contributed by atoms with Crippen molar-refractivity contribution >= 4 is 21.8 Å². The number of nitrogens with zero attached hydrogens (tertiary/aromatic N) is 2. The molecule has 0 aliphatic rings. The van der Waals surface area contributed by atoms with Gasteiger partial charge in [0.05, 0.1) is 11.0 Å². The molecule has 0 spiro atoms. The van der Waals surface area contributed by atoms with Crippen molar-refractivity contribution in [2.45, 2.75) is 0 Å². The van der Waals surface area contributed by atoms with E-state index >= 15 is 0 Å². The minimum atomic E-state index is -0.0794. The van der Waals surface area contributed by atoms with Gasteiger partial charge in [-0.25, -0.2) is 0 Å². The summed E-state index contributed by atoms with van der Waals surface area (Å²) in [5, 5.41) is 20.5. The van der Waals surface area contributed by atoms with Crippen LogP contribution < -0.4 is 0 Å². The van der Waals surface area contributed by atoms with E-state index in [0.717, 1.165) is 16.4 Å². The Kier molecular flexibility index (Phi) is 3.66. The summed E-state index contributed by atoms with van der Waals surface area (Å²) in [6.45, 7) is 0. The molecular weight excluding hydrogens is 276 g/mol. The van der Waals surface area contributed by atoms with Crippen molar-refractivity contribution in [1.29, 1.82) is 0 Å². The van der Waals surface area contributed by atoms with E-state index in [9.17, 15) is 5.11 Å². The smallest absolute Gasteiger partial charge is 0.159 e. The molecule has 0 radical (unpaired) electrons. The van der Waals surface area contributed by atoms with Crippen molar-refractivity contribution < 1.29 is 10.2 Å². The molecule has 110 valence electrons. The van der Waals surface area contributed by atoms with Crippen LogP contribution in [0, 0.1) is 0 Å². The third kappa shape index (κ3) is 2.72. The first kappa shape index (κ1) is 13.9. The number of phenols is 2. The summed E-state index contributed by atoms with van der Waals surface area (Å²) in [5.74, 6) is -0.155. The van der Waals surface area contributed by atoms with Crippen molar-refractivity contribution in [2.24, 2.45) is 7.05 Å². The third-order valence-corrected chi connectivity index (χ3v) is 3.49. The SMILES string of the molecule is Cn1ccc2cc(O)c(O)cc21.c1ccc2ncccc2c1. The lowest BCUT2D eigenvalue weighted by molar-refractivity contribution is 0.404. The molecule has 0 fully saturated rings. The van der Waals surface area contributed by atoms with E-state index in [0.29, 0.717) is 0 Å². The number of aryl methyl sites for hydroxylation is 1. The molecule has 2 heterocycles. The van der Waals surface area contributed by atoms with Gasteiger partial charge in [-0.15, -0.1) is 0 Å². The predicted molar refractivity (Wildman–Crippen MR) is 88.0 cm³/mol. The quantitative estimate of drug-likeness (QED) is 0.484. The number of phenolic OH excluding ortho intramolecular Hbond substituents is 2. The van der Waals surface area contributed by atoms with Crippen LogP contribution in [0.15, 0.2) is 67.0 Å². The molecule has 0 saturated heterocycles. The Hall–Kier alpha value is -3.01. The van der Waals surface area contributed by atoms with Crippen LogP contribution in [0.1, 0.15) is 0 Å². The number of hydrogen-bond donors (Lipinski definition) is 2. The number of fused-ring (bicyclic) bond motifs is 2. The van der Waals surface area contributed by atoms with E-state index in [-0.39, 0.29) is 11.5 Å². The summed E-state index contributed by atoms with van der Waals surface area (Å²) >= 11 is 0. The van der Waals surface area contributed by atoms with E-state index in [1.807, 2.05) is 54.3 Å². The maximum Gasteiger partial charge on any atom is 0.159 e. The second kappa shape index (κ2) is 5.77. The fourth-order valence-electron chi connectivity index (χ4n) is 2.31. The number of benzene rings is 2. The molecule has 0 bridgehead atoms. The Morgan fingerprint density at radius 1 is 0.864 bits per heavy atom. The van der Waals surface area contributed by atoms with Gasteiger partial charge in [-0.1, -0.05) is 24.3 Å². The highest BCUT2D eigenvalue weighted by molar-refractivity contribution is 5.83. The van der Waals surface area contributed by atoms with Crippen LogP contribution in [0.5, 0.6) is 11.5 Å². The number of para-hydroxylation sites is 1. The van der Waals surface area contributed by atoms with E-state index in [1.165, 1.54) is 5.39 Å². The maximum absolute atomic E-state index is 9.20. The molecule has 0 aliphatic carbocycles. The van der Waals surface area contributed by atoms with Crippen molar-refractivity contribution in [2.75, 3.05) is 0 Å². The van der Waals surface area contributed by atoms with Crippen molar-refractivity contribution in [3.63, 3.8) is 0 Å². The minimum Gasteiger partial charge on any atom is -0.504 e. The van der Waals surface area contributed by atoms with E-state index < -0.39 is 0 Å². The molecule has 4 rings (SSSR count). The van der Waals surface area contributed by atoms with Crippen LogP contribution in [0.2, 0.25) is 0 Å². The highest BCUT2D eigenvalue weighted by Gasteiger charge is 2.03. The molecule has 2 aromatic carbocycles. The summed E-state index contributed by atoms with van der Waals surface area (Å²) in [4.78, 5) is 4.18. The number of pyridine rings is 1. The fourth-order valence-corrected chi connectivity index (χ4v) is 2.31. The zero-order chi connectivity index (χ0) is 15.5. The summed E-state index contributed by atoms with van der Waals surface area (Å²) in [5.41, 5.74) is 1.97. The number of aromatic nitrogens is 2. The lowest BCUT2D eigenvalue weighted by Crippen LogP contribution is -1.82. The molecule has 0 aliphatic heterocycles. The van der Waals surface area contributed by atoms with Gasteiger partial charge in [-0.2, -0.15) is 0 Å². The Morgan fingerprint density at radius 2 is 1.59 bits per heavy atom. The second-order valence-electron chi connectivity index (χ2n) is 5.02. The normalized spacial score (nSPS) is 10.4. The summed E-state index contributed by atoms with van der Waals surface area (Å²) < 4.78 is 1.88. The van der Waals surface area contributed by atoms with E-state index in [4.69, 9.17) is 5.11 Å². The number of aromatic hydroxyl groups is 2. The van der Waals surface area contributed by atoms with E-state index in [2.05, 4.69) is 17.1 Å². The van der Waals surface area contributed by atoms with Crippen molar-refractivity contribution in [3.05, 3.63) is 67.0 Å². The van der Waals surface area contributed by atoms with E-state index in [1.54, 1.807) is 12.1 Å². The zero-order valence-corrected chi connectivity index (χ0v) is 12.1. The lowest BCUT2D eigenvalue weighted by Gasteiger charge is -1.99. The van der Waals surface area contributed by atoms with Crippen molar-refractivity contribution in [3.8, 4) is 11.5 Å². The van der Waals surface area contributed by atoms with Gasteiger partial charge in [-0.05, 0) is 24.3 Å². The Morgan fingerprint density at radius 3 is 2.41 bits per heavy atom. The Bertz CT molecular complexity index is 863. The topological polar surface area (TPSA) is 58.3 Å². The molecule has 0 unspecified atom stereocenters. The third-order valence-electron chi connectivity index (χ3n) is 3.49. The van der Waals surface area contributed by atoms with Crippen LogP contribution in [0.25, 0.3) is 21.8 Å². The molecular formula is C18H16N2O2. The highest BCUT2D eigenvalue weighted by Crippen LogP contribution is 2.30. The molecule has 0 amide bonds. The summed E-state index contributed by atoms with van der Waals surface area (Å²) in [6.07, 6.45) is 3.69. The zero-order valence-electron chi connectivity index (χ0n) is 12.1. The summed E-state index contributed by atoms with van der Waals surface area (Å²) in [6, 6.07) is 17.1.